The van der Waals surface area contributed by atoms with Crippen LogP contribution in [0.1, 0.15) is 102 Å². The lowest BCUT2D eigenvalue weighted by atomic mass is 9.99. The molecule has 15 atom stereocenters. The van der Waals surface area contributed by atoms with Crippen molar-refractivity contribution in [3.63, 3.8) is 0 Å². The zero-order chi connectivity index (χ0) is 75.4. The maximum atomic E-state index is 13.7. The number of aliphatic hydroxyl groups is 12. The van der Waals surface area contributed by atoms with Crippen molar-refractivity contribution < 1.29 is 147 Å². The van der Waals surface area contributed by atoms with Crippen LogP contribution in [0.4, 0.5) is 4.79 Å². The summed E-state index contributed by atoms with van der Waals surface area (Å²) in [5, 5.41) is 140. The van der Waals surface area contributed by atoms with Crippen molar-refractivity contribution in [3.05, 3.63) is 35.9 Å². The van der Waals surface area contributed by atoms with Crippen LogP contribution in [-0.2, 0) is 87.5 Å². The Balaban J connectivity index is 1.25. The van der Waals surface area contributed by atoms with E-state index in [2.05, 4.69) is 42.5 Å². The number of hydrogen-bond acceptors (Lipinski definition) is 30. The van der Waals surface area contributed by atoms with Gasteiger partial charge in [0.25, 0.3) is 0 Å². The first-order chi connectivity index (χ1) is 49.5. The van der Waals surface area contributed by atoms with Crippen LogP contribution in [-0.4, -0.2) is 331 Å². The zero-order valence-corrected chi connectivity index (χ0v) is 58.0. The van der Waals surface area contributed by atoms with Crippen molar-refractivity contribution in [2.45, 2.75) is 201 Å². The van der Waals surface area contributed by atoms with Crippen LogP contribution in [0, 0.1) is 0 Å². The third-order valence-electron chi connectivity index (χ3n) is 16.3. The standard InChI is InChI=1S/C65H110N8O30/c74-34-42-52(84)55(87)58(90)61(101-42)97-27-7-4-15-45(77)66-21-10-24-69-48(80)18-30-94-38-65(73-51(83)33-72-64(93)100-37-41-13-2-1-3-14-41,39-95-31-19-49(81)70-25-11-22-67-46(78)16-5-8-28-98-62-59(91)56(88)53(85)43(35-75)102-62)40-96-32-20-50(82)71-26-12-23-68-47(79)17-6-9-29-99-63-60(92)57(89)54(86)44(36-76)103-63/h1-3,13-14,42-44,52-63,74-76,84-92H,4-12,15-40H2,(H,66,77)(H,67,78)(H,68,79)(H,69,80)(H,70,81)(H,71,82)(H,72,93)(H,73,83)/t42-,43-,44-,52+,53+,54+,55+,56+,57+,58-,59-,60-,61-,62-,63-/m1/s1. The van der Waals surface area contributed by atoms with Crippen molar-refractivity contribution in [1.29, 1.82) is 0 Å². The first kappa shape index (κ1) is 89.3. The summed E-state index contributed by atoms with van der Waals surface area (Å²) >= 11 is 0. The lowest BCUT2D eigenvalue weighted by Crippen LogP contribution is -2.60. The van der Waals surface area contributed by atoms with Crippen molar-refractivity contribution >= 4 is 47.4 Å². The average molecular weight is 1480 g/mol. The second-order valence-corrected chi connectivity index (χ2v) is 24.9. The zero-order valence-electron chi connectivity index (χ0n) is 58.0. The Kier molecular flexibility index (Phi) is 44.4. The number of hydrogen-bond donors (Lipinski definition) is 20. The molecule has 0 saturated carbocycles. The Hall–Kier alpha value is -6.06. The maximum Gasteiger partial charge on any atom is 0.407 e. The van der Waals surface area contributed by atoms with Gasteiger partial charge in [0.2, 0.25) is 41.4 Å². The first-order valence-corrected chi connectivity index (χ1v) is 34.9. The summed E-state index contributed by atoms with van der Waals surface area (Å²) in [6, 6.07) is 8.79. The molecule has 38 heteroatoms. The SMILES string of the molecule is O=C(CCCCO[C@@H]1O[C@H](CO)[C@H](O)[C@H](O)[C@H]1O)NCCCNC(=O)CCOCC(COCCC(=O)NCCCNC(=O)CCCCO[C@@H]1O[C@H](CO)[C@H](O)[C@H](O)[C@H]1O)(COCCC(=O)NCCCNC(=O)CCCCO[C@@H]1O[C@H](CO)[C@H](O)[C@H](O)[C@H]1O)NC(=O)CNC(=O)OCc1ccccc1. The van der Waals surface area contributed by atoms with E-state index in [0.717, 1.165) is 0 Å². The van der Waals surface area contributed by atoms with E-state index < -0.39 is 154 Å². The fourth-order valence-corrected chi connectivity index (χ4v) is 10.3. The Morgan fingerprint density at radius 1 is 0.359 bits per heavy atom. The van der Waals surface area contributed by atoms with Gasteiger partial charge in [0.15, 0.2) is 18.9 Å². The molecule has 3 aliphatic heterocycles. The minimum Gasteiger partial charge on any atom is -0.445 e. The van der Waals surface area contributed by atoms with E-state index in [9.17, 15) is 99.6 Å². The number of rotatable bonds is 53. The van der Waals surface area contributed by atoms with E-state index in [1.165, 1.54) is 0 Å². The van der Waals surface area contributed by atoms with Gasteiger partial charge in [0.1, 0.15) is 91.9 Å². The molecule has 8 amide bonds. The smallest absolute Gasteiger partial charge is 0.407 e. The second-order valence-electron chi connectivity index (χ2n) is 24.9. The predicted molar refractivity (Wildman–Crippen MR) is 354 cm³/mol. The highest BCUT2D eigenvalue weighted by Gasteiger charge is 2.46. The molecule has 103 heavy (non-hydrogen) atoms. The van der Waals surface area contributed by atoms with Crippen LogP contribution < -0.4 is 42.5 Å². The number of aliphatic hydroxyl groups excluding tert-OH is 12. The molecule has 3 saturated heterocycles. The Bertz CT molecular complexity index is 2380. The van der Waals surface area contributed by atoms with Crippen molar-refractivity contribution in [2.24, 2.45) is 0 Å². The number of carbonyl (C=O) groups excluding carboxylic acids is 8. The molecular weight excluding hydrogens is 1370 g/mol. The third kappa shape index (κ3) is 35.3. The van der Waals surface area contributed by atoms with Gasteiger partial charge in [-0.2, -0.15) is 0 Å². The first-order valence-electron chi connectivity index (χ1n) is 34.9. The highest BCUT2D eigenvalue weighted by Crippen LogP contribution is 2.25. The Labute approximate surface area is 596 Å². The van der Waals surface area contributed by atoms with Gasteiger partial charge in [-0.15, -0.1) is 0 Å². The van der Waals surface area contributed by atoms with Crippen LogP contribution in [0.5, 0.6) is 0 Å². The molecule has 0 aromatic heterocycles. The minimum atomic E-state index is -1.59. The molecule has 0 bridgehead atoms. The molecular formula is C65H110N8O30. The van der Waals surface area contributed by atoms with E-state index >= 15 is 0 Å². The number of nitrogens with one attached hydrogen (secondary N) is 8. The van der Waals surface area contributed by atoms with Gasteiger partial charge in [-0.05, 0) is 63.4 Å². The van der Waals surface area contributed by atoms with Crippen LogP contribution in [0.15, 0.2) is 30.3 Å². The molecule has 38 nitrogen and oxygen atoms in total. The molecule has 0 spiro atoms. The molecule has 0 radical (unpaired) electrons. The van der Waals surface area contributed by atoms with Gasteiger partial charge in [0, 0.05) is 97.6 Å². The van der Waals surface area contributed by atoms with Gasteiger partial charge in [-0.1, -0.05) is 30.3 Å². The Morgan fingerprint density at radius 3 is 0.981 bits per heavy atom. The van der Waals surface area contributed by atoms with Gasteiger partial charge >= 0.3 is 6.09 Å². The average Bonchev–Trinajstić information content (AvgIpc) is 0.835. The van der Waals surface area contributed by atoms with E-state index in [1.54, 1.807) is 30.3 Å². The number of ether oxygens (including phenoxy) is 10. The van der Waals surface area contributed by atoms with Gasteiger partial charge in [-0.3, -0.25) is 33.6 Å². The Morgan fingerprint density at radius 2 is 0.670 bits per heavy atom. The summed E-state index contributed by atoms with van der Waals surface area (Å²) < 4.78 is 55.5. The lowest BCUT2D eigenvalue weighted by molar-refractivity contribution is -0.301. The van der Waals surface area contributed by atoms with E-state index in [4.69, 9.17) is 47.4 Å². The third-order valence-corrected chi connectivity index (χ3v) is 16.3. The van der Waals surface area contributed by atoms with Gasteiger partial charge in [0.05, 0.1) is 59.5 Å². The topological polar surface area (TPSA) is 568 Å². The fraction of sp³-hybridized carbons (Fsp3) is 0.785. The summed E-state index contributed by atoms with van der Waals surface area (Å²) in [6.45, 7) is -2.75. The van der Waals surface area contributed by atoms with Crippen molar-refractivity contribution in [1.82, 2.24) is 42.5 Å². The highest BCUT2D eigenvalue weighted by atomic mass is 16.7. The number of amides is 8. The molecule has 3 fully saturated rings. The van der Waals surface area contributed by atoms with Crippen molar-refractivity contribution in [2.75, 3.05) is 125 Å². The van der Waals surface area contributed by atoms with Gasteiger partial charge in [-0.25, -0.2) is 4.79 Å². The normalized spacial score (nSPS) is 24.8. The highest BCUT2D eigenvalue weighted by molar-refractivity contribution is 5.83. The largest absolute Gasteiger partial charge is 0.445 e. The lowest BCUT2D eigenvalue weighted by Gasteiger charge is -2.39. The summed E-state index contributed by atoms with van der Waals surface area (Å²) in [5.74, 6) is -2.80. The number of benzene rings is 1. The molecule has 3 heterocycles. The minimum absolute atomic E-state index is 0.0547. The summed E-state index contributed by atoms with van der Waals surface area (Å²) in [7, 11) is 0. The summed E-state index contributed by atoms with van der Waals surface area (Å²) in [6.07, 6.45) is -18.7. The van der Waals surface area contributed by atoms with Crippen LogP contribution >= 0.6 is 0 Å². The fourth-order valence-electron chi connectivity index (χ4n) is 10.3. The van der Waals surface area contributed by atoms with Crippen LogP contribution in [0.3, 0.4) is 0 Å². The van der Waals surface area contributed by atoms with Crippen molar-refractivity contribution in [3.8, 4) is 0 Å². The molecule has 1 aromatic carbocycles. The van der Waals surface area contributed by atoms with Crippen LogP contribution in [0.2, 0.25) is 0 Å². The monoisotopic (exact) mass is 1480 g/mol. The maximum absolute atomic E-state index is 13.7. The molecule has 0 unspecified atom stereocenters. The van der Waals surface area contributed by atoms with Gasteiger partial charge < -0.3 is 151 Å². The quantitative estimate of drug-likeness (QED) is 0.0270. The summed E-state index contributed by atoms with van der Waals surface area (Å²) in [5.41, 5.74) is -0.897. The van der Waals surface area contributed by atoms with E-state index in [1.807, 2.05) is 0 Å². The summed E-state index contributed by atoms with van der Waals surface area (Å²) in [4.78, 5) is 103. The number of carbonyl (C=O) groups is 8. The van der Waals surface area contributed by atoms with E-state index in [-0.39, 0.29) is 162 Å². The molecule has 3 aliphatic rings. The number of alkyl carbamates (subject to hydrolysis) is 1. The predicted octanol–water partition coefficient (Wildman–Crippen LogP) is -7.18. The number of unbranched alkanes of at least 4 members (excludes halogenated alkanes) is 3. The second kappa shape index (κ2) is 51.2. The molecule has 0 aliphatic carbocycles. The van der Waals surface area contributed by atoms with E-state index in [0.29, 0.717) is 63.4 Å². The van der Waals surface area contributed by atoms with Crippen LogP contribution in [0.25, 0.3) is 0 Å². The molecule has 4 rings (SSSR count). The molecule has 1 aromatic rings. The molecule has 20 N–H and O–H groups in total. The molecule has 590 valence electrons.